The molecule has 0 radical (unpaired) electrons. The molecule has 0 aromatic heterocycles. The lowest BCUT2D eigenvalue weighted by Gasteiger charge is -2.08. The summed E-state index contributed by atoms with van der Waals surface area (Å²) in [5.74, 6) is -0.191. The minimum Gasteiger partial charge on any atom is -0.464 e. The number of esters is 1. The Morgan fingerprint density at radius 1 is 1.11 bits per heavy atom. The fourth-order valence-corrected chi connectivity index (χ4v) is 1.73. The Morgan fingerprint density at radius 3 is 2.42 bits per heavy atom. The van der Waals surface area contributed by atoms with Gasteiger partial charge >= 0.3 is 5.97 Å². The van der Waals surface area contributed by atoms with Gasteiger partial charge in [-0.05, 0) is 37.0 Å². The standard InChI is InChI=1S/C16H25NO2/c1-3-5-7-14-8-10-15(11-9-14)17-13-16(18)19-12-6-4-2/h8-11,17H,3-7,12-13H2,1-2H3. The Hall–Kier alpha value is -1.51. The largest absolute Gasteiger partial charge is 0.464 e. The highest BCUT2D eigenvalue weighted by molar-refractivity contribution is 5.74. The smallest absolute Gasteiger partial charge is 0.325 e. The number of ether oxygens (including phenoxy) is 1. The molecule has 0 aliphatic rings. The van der Waals surface area contributed by atoms with E-state index >= 15 is 0 Å². The summed E-state index contributed by atoms with van der Waals surface area (Å²) in [6.07, 6.45) is 5.52. The molecule has 1 aromatic rings. The van der Waals surface area contributed by atoms with Crippen LogP contribution in [0.2, 0.25) is 0 Å². The Morgan fingerprint density at radius 2 is 1.79 bits per heavy atom. The zero-order valence-electron chi connectivity index (χ0n) is 12.1. The Balaban J connectivity index is 2.27. The zero-order chi connectivity index (χ0) is 13.9. The second-order valence-corrected chi connectivity index (χ2v) is 4.73. The first kappa shape index (κ1) is 15.5. The summed E-state index contributed by atoms with van der Waals surface area (Å²) in [5.41, 5.74) is 2.31. The van der Waals surface area contributed by atoms with Gasteiger partial charge in [-0.3, -0.25) is 4.79 Å². The van der Waals surface area contributed by atoms with Gasteiger partial charge in [0.2, 0.25) is 0 Å². The summed E-state index contributed by atoms with van der Waals surface area (Å²) in [5, 5.41) is 3.08. The van der Waals surface area contributed by atoms with Crippen molar-refractivity contribution in [3.63, 3.8) is 0 Å². The molecule has 1 rings (SSSR count). The number of hydrogen-bond acceptors (Lipinski definition) is 3. The van der Waals surface area contributed by atoms with E-state index < -0.39 is 0 Å². The van der Waals surface area contributed by atoms with E-state index in [2.05, 4.69) is 31.3 Å². The van der Waals surface area contributed by atoms with Crippen LogP contribution in [0.15, 0.2) is 24.3 Å². The third kappa shape index (κ3) is 6.85. The molecule has 0 unspecified atom stereocenters. The van der Waals surface area contributed by atoms with E-state index in [4.69, 9.17) is 4.74 Å². The Kier molecular flexibility index (Phi) is 7.71. The molecule has 3 nitrogen and oxygen atoms in total. The molecule has 19 heavy (non-hydrogen) atoms. The molecule has 1 N–H and O–H groups in total. The first-order valence-corrected chi connectivity index (χ1v) is 7.24. The van der Waals surface area contributed by atoms with E-state index in [9.17, 15) is 4.79 Å². The fraction of sp³-hybridized carbons (Fsp3) is 0.562. The maximum atomic E-state index is 11.4. The summed E-state index contributed by atoms with van der Waals surface area (Å²) in [7, 11) is 0. The second-order valence-electron chi connectivity index (χ2n) is 4.73. The fourth-order valence-electron chi connectivity index (χ4n) is 1.73. The molecule has 0 saturated heterocycles. The zero-order valence-corrected chi connectivity index (χ0v) is 12.1. The molecule has 0 heterocycles. The van der Waals surface area contributed by atoms with Gasteiger partial charge in [0.1, 0.15) is 6.54 Å². The monoisotopic (exact) mass is 263 g/mol. The molecule has 1 aromatic carbocycles. The van der Waals surface area contributed by atoms with Gasteiger partial charge in [-0.1, -0.05) is 38.8 Å². The van der Waals surface area contributed by atoms with Gasteiger partial charge in [-0.15, -0.1) is 0 Å². The van der Waals surface area contributed by atoms with Gasteiger partial charge in [0.05, 0.1) is 6.61 Å². The number of carbonyl (C=O) groups is 1. The van der Waals surface area contributed by atoms with Crippen molar-refractivity contribution in [2.45, 2.75) is 46.0 Å². The van der Waals surface area contributed by atoms with Crippen LogP contribution < -0.4 is 5.32 Å². The van der Waals surface area contributed by atoms with Crippen molar-refractivity contribution in [2.24, 2.45) is 0 Å². The quantitative estimate of drug-likeness (QED) is 0.544. The maximum absolute atomic E-state index is 11.4. The van der Waals surface area contributed by atoms with Gasteiger partial charge in [0.15, 0.2) is 0 Å². The Bertz CT molecular complexity index is 360. The molecule has 3 heteroatoms. The van der Waals surface area contributed by atoms with E-state index in [0.29, 0.717) is 6.61 Å². The molecular formula is C16H25NO2. The minimum absolute atomic E-state index is 0.191. The molecule has 0 saturated carbocycles. The van der Waals surface area contributed by atoms with Crippen molar-refractivity contribution >= 4 is 11.7 Å². The summed E-state index contributed by atoms with van der Waals surface area (Å²) >= 11 is 0. The van der Waals surface area contributed by atoms with Gasteiger partial charge in [0.25, 0.3) is 0 Å². The topological polar surface area (TPSA) is 38.3 Å². The summed E-state index contributed by atoms with van der Waals surface area (Å²) in [6.45, 7) is 5.03. The van der Waals surface area contributed by atoms with Gasteiger partial charge < -0.3 is 10.1 Å². The second kappa shape index (κ2) is 9.42. The highest BCUT2D eigenvalue weighted by Crippen LogP contribution is 2.11. The van der Waals surface area contributed by atoms with Crippen LogP contribution in [0.25, 0.3) is 0 Å². The van der Waals surface area contributed by atoms with Crippen LogP contribution >= 0.6 is 0 Å². The maximum Gasteiger partial charge on any atom is 0.325 e. The van der Waals surface area contributed by atoms with Crippen molar-refractivity contribution in [3.8, 4) is 0 Å². The van der Waals surface area contributed by atoms with Crippen LogP contribution in [0.4, 0.5) is 5.69 Å². The highest BCUT2D eigenvalue weighted by atomic mass is 16.5. The third-order valence-corrected chi connectivity index (χ3v) is 2.97. The van der Waals surface area contributed by atoms with Crippen molar-refractivity contribution in [2.75, 3.05) is 18.5 Å². The third-order valence-electron chi connectivity index (χ3n) is 2.97. The van der Waals surface area contributed by atoms with Crippen molar-refractivity contribution in [1.29, 1.82) is 0 Å². The molecule has 0 bridgehead atoms. The van der Waals surface area contributed by atoms with Crippen molar-refractivity contribution < 1.29 is 9.53 Å². The molecular weight excluding hydrogens is 238 g/mol. The lowest BCUT2D eigenvalue weighted by atomic mass is 10.1. The number of unbranched alkanes of at least 4 members (excludes halogenated alkanes) is 2. The van der Waals surface area contributed by atoms with Gasteiger partial charge in [-0.2, -0.15) is 0 Å². The molecule has 106 valence electrons. The lowest BCUT2D eigenvalue weighted by molar-refractivity contribution is -0.141. The van der Waals surface area contributed by atoms with Crippen LogP contribution in [0.5, 0.6) is 0 Å². The van der Waals surface area contributed by atoms with Gasteiger partial charge in [-0.25, -0.2) is 0 Å². The number of carbonyl (C=O) groups excluding carboxylic acids is 1. The predicted octanol–water partition coefficient (Wildman–Crippen LogP) is 3.78. The molecule has 0 spiro atoms. The number of benzene rings is 1. The van der Waals surface area contributed by atoms with E-state index in [-0.39, 0.29) is 12.5 Å². The summed E-state index contributed by atoms with van der Waals surface area (Å²) in [6, 6.07) is 8.26. The number of hydrogen-bond donors (Lipinski definition) is 1. The number of anilines is 1. The molecule has 0 aliphatic carbocycles. The molecule has 0 fully saturated rings. The van der Waals surface area contributed by atoms with Crippen molar-refractivity contribution in [1.82, 2.24) is 0 Å². The number of aryl methyl sites for hydroxylation is 1. The van der Waals surface area contributed by atoms with Crippen LogP contribution in [-0.4, -0.2) is 19.1 Å². The highest BCUT2D eigenvalue weighted by Gasteiger charge is 2.02. The molecule has 0 aliphatic heterocycles. The molecule has 0 atom stereocenters. The van der Waals surface area contributed by atoms with Crippen LogP contribution in [0.1, 0.15) is 45.1 Å². The lowest BCUT2D eigenvalue weighted by Crippen LogP contribution is -2.17. The van der Waals surface area contributed by atoms with Crippen LogP contribution in [-0.2, 0) is 16.0 Å². The van der Waals surface area contributed by atoms with E-state index in [1.807, 2.05) is 12.1 Å². The minimum atomic E-state index is -0.191. The summed E-state index contributed by atoms with van der Waals surface area (Å²) < 4.78 is 5.08. The average molecular weight is 263 g/mol. The average Bonchev–Trinajstić information content (AvgIpc) is 2.44. The normalized spacial score (nSPS) is 10.2. The summed E-state index contributed by atoms with van der Waals surface area (Å²) in [4.78, 5) is 11.4. The van der Waals surface area contributed by atoms with Crippen molar-refractivity contribution in [3.05, 3.63) is 29.8 Å². The van der Waals surface area contributed by atoms with E-state index in [1.165, 1.54) is 18.4 Å². The SMILES string of the molecule is CCCCOC(=O)CNc1ccc(CCCC)cc1. The first-order chi connectivity index (χ1) is 9.26. The first-order valence-electron chi connectivity index (χ1n) is 7.24. The predicted molar refractivity (Wildman–Crippen MR) is 79.4 cm³/mol. The Labute approximate surface area is 116 Å². The molecule has 0 amide bonds. The van der Waals surface area contributed by atoms with Gasteiger partial charge in [0, 0.05) is 5.69 Å². The number of nitrogens with one attached hydrogen (secondary N) is 1. The van der Waals surface area contributed by atoms with Crippen LogP contribution in [0, 0.1) is 0 Å². The van der Waals surface area contributed by atoms with E-state index in [1.54, 1.807) is 0 Å². The van der Waals surface area contributed by atoms with Crippen LogP contribution in [0.3, 0.4) is 0 Å². The number of rotatable bonds is 9. The van der Waals surface area contributed by atoms with E-state index in [0.717, 1.165) is 24.9 Å².